The molecule has 7 heteroatoms. The van der Waals surface area contributed by atoms with Crippen LogP contribution in [-0.4, -0.2) is 22.8 Å². The number of halogens is 1. The minimum Gasteiger partial charge on any atom is -0.340 e. The Bertz CT molecular complexity index is 778. The maximum atomic E-state index is 13.0. The van der Waals surface area contributed by atoms with Crippen LogP contribution in [0.1, 0.15) is 47.6 Å². The van der Waals surface area contributed by atoms with E-state index < -0.39 is 17.8 Å². The molecule has 0 fully saturated rings. The first kappa shape index (κ1) is 18.5. The molecular formula is C19H22FN3O2S. The Labute approximate surface area is 156 Å². The third-order valence-electron chi connectivity index (χ3n) is 4.42. The van der Waals surface area contributed by atoms with E-state index in [1.165, 1.54) is 40.5 Å². The Kier molecular flexibility index (Phi) is 5.66. The lowest BCUT2D eigenvalue weighted by Gasteiger charge is -2.21. The lowest BCUT2D eigenvalue weighted by atomic mass is 10.0. The van der Waals surface area contributed by atoms with E-state index in [9.17, 15) is 14.0 Å². The first-order chi connectivity index (χ1) is 12.4. The number of fused-ring (bicyclic) bond motifs is 1. The molecule has 1 heterocycles. The van der Waals surface area contributed by atoms with Crippen LogP contribution in [0, 0.1) is 11.7 Å². The van der Waals surface area contributed by atoms with Crippen LogP contribution >= 0.6 is 11.3 Å². The number of nitrogens with one attached hydrogen (secondary N) is 2. The molecule has 0 saturated carbocycles. The van der Waals surface area contributed by atoms with E-state index in [1.54, 1.807) is 0 Å². The largest absolute Gasteiger partial charge is 0.340 e. The van der Waals surface area contributed by atoms with Gasteiger partial charge < -0.3 is 10.6 Å². The minimum atomic E-state index is -0.700. The number of aryl methyl sites for hydroxylation is 2. The van der Waals surface area contributed by atoms with Crippen molar-refractivity contribution in [3.63, 3.8) is 0 Å². The molecule has 1 unspecified atom stereocenters. The molecule has 1 aliphatic rings. The zero-order valence-corrected chi connectivity index (χ0v) is 15.7. The van der Waals surface area contributed by atoms with Crippen molar-refractivity contribution in [2.24, 2.45) is 5.92 Å². The molecule has 0 saturated heterocycles. The zero-order chi connectivity index (χ0) is 18.7. The summed E-state index contributed by atoms with van der Waals surface area (Å²) in [5, 5.41) is 6.16. The smallest absolute Gasteiger partial charge is 0.251 e. The fourth-order valence-corrected chi connectivity index (χ4v) is 4.00. The second-order valence-electron chi connectivity index (χ2n) is 6.79. The van der Waals surface area contributed by atoms with Gasteiger partial charge in [-0.25, -0.2) is 9.37 Å². The van der Waals surface area contributed by atoms with Crippen LogP contribution in [0.15, 0.2) is 24.3 Å². The molecule has 3 rings (SSSR count). The second kappa shape index (κ2) is 7.95. The highest BCUT2D eigenvalue weighted by molar-refractivity contribution is 7.15. The molecule has 2 N–H and O–H groups in total. The SMILES string of the molecule is CC(C)C(NC(=O)c1ccc(F)cc1)C(=O)Nc1nc2c(s1)CCCC2. The van der Waals surface area contributed by atoms with Gasteiger partial charge in [0, 0.05) is 10.4 Å². The van der Waals surface area contributed by atoms with Gasteiger partial charge in [0.2, 0.25) is 5.91 Å². The molecule has 0 aliphatic heterocycles. The first-order valence-corrected chi connectivity index (χ1v) is 9.61. The van der Waals surface area contributed by atoms with Crippen LogP contribution in [0.2, 0.25) is 0 Å². The Morgan fingerprint density at radius 3 is 2.50 bits per heavy atom. The molecular weight excluding hydrogens is 353 g/mol. The molecule has 1 aromatic carbocycles. The molecule has 138 valence electrons. The summed E-state index contributed by atoms with van der Waals surface area (Å²) < 4.78 is 13.0. The fourth-order valence-electron chi connectivity index (χ4n) is 2.95. The van der Waals surface area contributed by atoms with Crippen LogP contribution in [0.4, 0.5) is 9.52 Å². The molecule has 0 radical (unpaired) electrons. The van der Waals surface area contributed by atoms with E-state index >= 15 is 0 Å². The first-order valence-electron chi connectivity index (χ1n) is 8.80. The number of amides is 2. The van der Waals surface area contributed by atoms with Crippen molar-refractivity contribution in [3.8, 4) is 0 Å². The fraction of sp³-hybridized carbons (Fsp3) is 0.421. The van der Waals surface area contributed by atoms with Crippen LogP contribution in [-0.2, 0) is 17.6 Å². The van der Waals surface area contributed by atoms with Crippen LogP contribution in [0.5, 0.6) is 0 Å². The highest BCUT2D eigenvalue weighted by Crippen LogP contribution is 2.29. The van der Waals surface area contributed by atoms with Crippen LogP contribution in [0.3, 0.4) is 0 Å². The summed E-state index contributed by atoms with van der Waals surface area (Å²) in [6.07, 6.45) is 4.26. The van der Waals surface area contributed by atoms with Gasteiger partial charge in [-0.15, -0.1) is 11.3 Å². The number of benzene rings is 1. The van der Waals surface area contributed by atoms with Gasteiger partial charge in [-0.2, -0.15) is 0 Å². The topological polar surface area (TPSA) is 71.1 Å². The Morgan fingerprint density at radius 2 is 1.85 bits per heavy atom. The van der Waals surface area contributed by atoms with Crippen molar-refractivity contribution in [3.05, 3.63) is 46.2 Å². The molecule has 1 atom stereocenters. The normalized spacial score (nSPS) is 14.6. The number of hydrogen-bond donors (Lipinski definition) is 2. The number of thiazole rings is 1. The van der Waals surface area contributed by atoms with Gasteiger partial charge in [-0.1, -0.05) is 13.8 Å². The number of rotatable bonds is 5. The standard InChI is InChI=1S/C19H22FN3O2S/c1-11(2)16(22-17(24)12-7-9-13(20)10-8-12)18(25)23-19-21-14-5-3-4-6-15(14)26-19/h7-11,16H,3-6H2,1-2H3,(H,22,24)(H,21,23,25). The summed E-state index contributed by atoms with van der Waals surface area (Å²) in [6, 6.07) is 4.54. The van der Waals surface area contributed by atoms with Crippen molar-refractivity contribution >= 4 is 28.3 Å². The van der Waals surface area contributed by atoms with Crippen LogP contribution < -0.4 is 10.6 Å². The van der Waals surface area contributed by atoms with E-state index in [2.05, 4.69) is 15.6 Å². The number of carbonyl (C=O) groups is 2. The van der Waals surface area contributed by atoms with Gasteiger partial charge in [0.05, 0.1) is 5.69 Å². The predicted octanol–water partition coefficient (Wildman–Crippen LogP) is 3.55. The van der Waals surface area contributed by atoms with E-state index in [0.717, 1.165) is 31.4 Å². The summed E-state index contributed by atoms with van der Waals surface area (Å²) in [4.78, 5) is 30.8. The summed E-state index contributed by atoms with van der Waals surface area (Å²) in [7, 11) is 0. The van der Waals surface area contributed by atoms with Crippen molar-refractivity contribution in [2.75, 3.05) is 5.32 Å². The second-order valence-corrected chi connectivity index (χ2v) is 7.87. The Balaban J connectivity index is 1.68. The number of hydrogen-bond acceptors (Lipinski definition) is 4. The van der Waals surface area contributed by atoms with E-state index in [0.29, 0.717) is 10.7 Å². The third kappa shape index (κ3) is 4.27. The van der Waals surface area contributed by atoms with Crippen molar-refractivity contribution in [2.45, 2.75) is 45.6 Å². The van der Waals surface area contributed by atoms with Crippen molar-refractivity contribution in [1.82, 2.24) is 10.3 Å². The highest BCUT2D eigenvalue weighted by atomic mass is 32.1. The number of aromatic nitrogens is 1. The lowest BCUT2D eigenvalue weighted by molar-refractivity contribution is -0.118. The third-order valence-corrected chi connectivity index (χ3v) is 5.49. The Morgan fingerprint density at radius 1 is 1.15 bits per heavy atom. The van der Waals surface area contributed by atoms with Crippen molar-refractivity contribution in [1.29, 1.82) is 0 Å². The van der Waals surface area contributed by atoms with Gasteiger partial charge in [0.1, 0.15) is 11.9 Å². The average Bonchev–Trinajstić information content (AvgIpc) is 3.01. The maximum Gasteiger partial charge on any atom is 0.251 e. The van der Waals surface area contributed by atoms with Gasteiger partial charge >= 0.3 is 0 Å². The highest BCUT2D eigenvalue weighted by Gasteiger charge is 2.26. The molecule has 1 aromatic heterocycles. The van der Waals surface area contributed by atoms with E-state index in [1.807, 2.05) is 13.8 Å². The molecule has 2 amide bonds. The summed E-state index contributed by atoms with van der Waals surface area (Å²) in [5.41, 5.74) is 1.39. The van der Waals surface area contributed by atoms with E-state index in [-0.39, 0.29) is 11.8 Å². The number of nitrogens with zero attached hydrogens (tertiary/aromatic N) is 1. The quantitative estimate of drug-likeness (QED) is 0.839. The van der Waals surface area contributed by atoms with Gasteiger partial charge in [-0.05, 0) is 55.9 Å². The molecule has 26 heavy (non-hydrogen) atoms. The number of anilines is 1. The van der Waals surface area contributed by atoms with Gasteiger partial charge in [0.25, 0.3) is 5.91 Å². The molecule has 2 aromatic rings. The number of carbonyl (C=O) groups excluding carboxylic acids is 2. The molecule has 1 aliphatic carbocycles. The maximum absolute atomic E-state index is 13.0. The summed E-state index contributed by atoms with van der Waals surface area (Å²) >= 11 is 1.51. The van der Waals surface area contributed by atoms with Crippen molar-refractivity contribution < 1.29 is 14.0 Å². The van der Waals surface area contributed by atoms with E-state index in [4.69, 9.17) is 0 Å². The molecule has 0 spiro atoms. The monoisotopic (exact) mass is 375 g/mol. The molecule has 5 nitrogen and oxygen atoms in total. The average molecular weight is 375 g/mol. The van der Waals surface area contributed by atoms with Gasteiger partial charge in [-0.3, -0.25) is 9.59 Å². The minimum absolute atomic E-state index is 0.103. The Hall–Kier alpha value is -2.28. The lowest BCUT2D eigenvalue weighted by Crippen LogP contribution is -2.47. The van der Waals surface area contributed by atoms with Gasteiger partial charge in [0.15, 0.2) is 5.13 Å². The molecule has 0 bridgehead atoms. The van der Waals surface area contributed by atoms with Crippen LogP contribution in [0.25, 0.3) is 0 Å². The predicted molar refractivity (Wildman–Crippen MR) is 99.9 cm³/mol. The summed E-state index contributed by atoms with van der Waals surface area (Å²) in [5.74, 6) is -1.21. The summed E-state index contributed by atoms with van der Waals surface area (Å²) in [6.45, 7) is 3.73. The zero-order valence-electron chi connectivity index (χ0n) is 14.8.